The van der Waals surface area contributed by atoms with Gasteiger partial charge >= 0.3 is 6.03 Å². The number of benzene rings is 1. The lowest BCUT2D eigenvalue weighted by Gasteiger charge is -2.12. The van der Waals surface area contributed by atoms with Gasteiger partial charge in [-0.25, -0.2) is 9.78 Å². The minimum Gasteiger partial charge on any atom is -0.497 e. The first-order chi connectivity index (χ1) is 18.2. The van der Waals surface area contributed by atoms with Crippen LogP contribution in [0, 0.1) is 11.8 Å². The quantitative estimate of drug-likeness (QED) is 0.364. The number of carbonyl (C=O) groups excluding carboxylic acids is 2. The molecule has 5 rings (SSSR count). The van der Waals surface area contributed by atoms with Crippen LogP contribution in [-0.4, -0.2) is 46.5 Å². The van der Waals surface area contributed by atoms with Crippen LogP contribution >= 0.6 is 0 Å². The number of allylic oxidation sites excluding steroid dienone is 1. The molecule has 1 atom stereocenters. The van der Waals surface area contributed by atoms with E-state index in [1.165, 1.54) is 16.8 Å². The number of rotatable bonds is 3. The molecule has 1 fully saturated rings. The highest BCUT2D eigenvalue weighted by Crippen LogP contribution is 2.34. The molecule has 2 aliphatic heterocycles. The molecule has 0 aliphatic carbocycles. The summed E-state index contributed by atoms with van der Waals surface area (Å²) in [5.74, 6) is 6.54. The molecule has 9 heteroatoms. The Morgan fingerprint density at radius 2 is 1.97 bits per heavy atom. The molecule has 9 nitrogen and oxygen atoms in total. The molecule has 4 N–H and O–H groups in total. The van der Waals surface area contributed by atoms with Crippen molar-refractivity contribution < 1.29 is 14.3 Å². The number of urea groups is 1. The van der Waals surface area contributed by atoms with Gasteiger partial charge in [-0.2, -0.15) is 0 Å². The van der Waals surface area contributed by atoms with Crippen LogP contribution in [0.2, 0.25) is 0 Å². The normalized spacial score (nSPS) is 18.5. The number of hydrogen-bond acceptors (Lipinski definition) is 7. The average Bonchev–Trinajstić information content (AvgIpc) is 3.36. The molecule has 4 heterocycles. The maximum Gasteiger partial charge on any atom is 0.323 e. The number of nitrogen functional groups attached to an aromatic ring is 1. The predicted octanol–water partition coefficient (Wildman–Crippen LogP) is 3.57. The smallest absolute Gasteiger partial charge is 0.323 e. The van der Waals surface area contributed by atoms with E-state index in [2.05, 4.69) is 69.5 Å². The average molecular weight is 511 g/mol. The van der Waals surface area contributed by atoms with E-state index in [1.807, 2.05) is 18.2 Å². The van der Waals surface area contributed by atoms with Crippen LogP contribution in [0.5, 0.6) is 5.75 Å². The summed E-state index contributed by atoms with van der Waals surface area (Å²) in [4.78, 5) is 33.4. The summed E-state index contributed by atoms with van der Waals surface area (Å²) >= 11 is 0. The third-order valence-corrected chi connectivity index (χ3v) is 6.17. The Morgan fingerprint density at radius 3 is 2.63 bits per heavy atom. The van der Waals surface area contributed by atoms with Crippen LogP contribution in [0.1, 0.15) is 37.0 Å². The fourth-order valence-electron chi connectivity index (χ4n) is 4.13. The van der Waals surface area contributed by atoms with E-state index in [9.17, 15) is 9.59 Å². The minimum atomic E-state index is -1.24. The maximum absolute atomic E-state index is 11.7. The molecule has 0 bridgehead atoms. The number of nitrogens with zero attached hydrogens (tertiary/aromatic N) is 3. The van der Waals surface area contributed by atoms with Crippen LogP contribution < -0.4 is 21.1 Å². The van der Waals surface area contributed by atoms with Crippen LogP contribution in [0.4, 0.5) is 10.6 Å². The van der Waals surface area contributed by atoms with Gasteiger partial charge in [0.25, 0.3) is 5.91 Å². The van der Waals surface area contributed by atoms with Crippen LogP contribution in [0.25, 0.3) is 16.8 Å². The highest BCUT2D eigenvalue weighted by Gasteiger charge is 2.40. The zero-order chi connectivity index (χ0) is 27.3. The molecular weight excluding hydrogens is 480 g/mol. The lowest BCUT2D eigenvalue weighted by molar-refractivity contribution is -0.121. The predicted molar refractivity (Wildman–Crippen MR) is 147 cm³/mol. The van der Waals surface area contributed by atoms with Crippen molar-refractivity contribution in [1.82, 2.24) is 25.5 Å². The van der Waals surface area contributed by atoms with Gasteiger partial charge in [-0.05, 0) is 49.2 Å². The highest BCUT2D eigenvalue weighted by atomic mass is 16.5. The Hall–Kier alpha value is -4.84. The lowest BCUT2D eigenvalue weighted by atomic mass is 10.0. The number of imide groups is 1. The van der Waals surface area contributed by atoms with Crippen molar-refractivity contribution in [2.45, 2.75) is 32.4 Å². The Balaban J connectivity index is 0.000000194. The summed E-state index contributed by atoms with van der Waals surface area (Å²) in [6, 6.07) is 11.1. The number of hydrogen-bond donors (Lipinski definition) is 3. The van der Waals surface area contributed by atoms with Crippen molar-refractivity contribution in [2.75, 3.05) is 19.9 Å². The zero-order valence-corrected chi connectivity index (χ0v) is 21.8. The number of pyridine rings is 2. The Bertz CT molecular complexity index is 1460. The summed E-state index contributed by atoms with van der Waals surface area (Å²) in [5.41, 5.74) is 10.7. The Morgan fingerprint density at radius 1 is 1.16 bits per heavy atom. The zero-order valence-electron chi connectivity index (χ0n) is 21.8. The van der Waals surface area contributed by atoms with Gasteiger partial charge < -0.3 is 20.7 Å². The fraction of sp³-hybridized carbons (Fsp3) is 0.241. The van der Waals surface area contributed by atoms with Gasteiger partial charge in [0.2, 0.25) is 0 Å². The first-order valence-electron chi connectivity index (χ1n) is 12.1. The monoisotopic (exact) mass is 510 g/mol. The summed E-state index contributed by atoms with van der Waals surface area (Å²) < 4.78 is 5.26. The molecule has 0 saturated carbocycles. The van der Waals surface area contributed by atoms with E-state index in [4.69, 9.17) is 10.5 Å². The number of ether oxygens (including phenoxy) is 1. The fourth-order valence-corrected chi connectivity index (χ4v) is 4.13. The van der Waals surface area contributed by atoms with Gasteiger partial charge in [0, 0.05) is 60.1 Å². The van der Waals surface area contributed by atoms with E-state index in [0.29, 0.717) is 11.4 Å². The van der Waals surface area contributed by atoms with E-state index >= 15 is 0 Å². The number of nitrogens with two attached hydrogens (primary N) is 1. The second kappa shape index (κ2) is 11.0. The van der Waals surface area contributed by atoms with E-state index < -0.39 is 17.5 Å². The highest BCUT2D eigenvalue weighted by molar-refractivity contribution is 6.08. The summed E-state index contributed by atoms with van der Waals surface area (Å²) in [6.45, 7) is 4.71. The van der Waals surface area contributed by atoms with E-state index in [0.717, 1.165) is 29.8 Å². The number of aromatic nitrogens is 2. The number of methoxy groups -OCH3 is 1. The van der Waals surface area contributed by atoms with Gasteiger partial charge in [0.15, 0.2) is 5.54 Å². The van der Waals surface area contributed by atoms with Crippen LogP contribution in [0.3, 0.4) is 0 Å². The van der Waals surface area contributed by atoms with Gasteiger partial charge in [-0.3, -0.25) is 15.1 Å². The second-order valence-electron chi connectivity index (χ2n) is 9.09. The maximum atomic E-state index is 11.7. The largest absolute Gasteiger partial charge is 0.497 e. The van der Waals surface area contributed by atoms with Crippen molar-refractivity contribution in [3.05, 3.63) is 77.8 Å². The van der Waals surface area contributed by atoms with Crippen molar-refractivity contribution in [1.29, 1.82) is 0 Å². The van der Waals surface area contributed by atoms with Gasteiger partial charge in [-0.1, -0.05) is 30.9 Å². The van der Waals surface area contributed by atoms with Crippen molar-refractivity contribution >= 4 is 23.5 Å². The number of carbonyl (C=O) groups is 2. The topological polar surface area (TPSA) is 122 Å². The standard InChI is InChI=1S/C16H13N5O2.C13H17NO/c1-16(14(22)20-15(23)21-16)5-4-10-6-12(8-18-7-10)11-2-3-13(17)19-9-11;1-4-5-13-12-8-11(15-3)7-6-10(12)9-14(13)2/h2-3,6-9H,1H3,(H2,17,19)(H2,20,21,22,23);5-8H,4,9H2,1-3H3/b;13-5-. The lowest BCUT2D eigenvalue weighted by Crippen LogP contribution is -2.42. The van der Waals surface area contributed by atoms with Crippen LogP contribution in [-0.2, 0) is 11.3 Å². The third-order valence-electron chi connectivity index (χ3n) is 6.17. The van der Waals surface area contributed by atoms with Gasteiger partial charge in [0.05, 0.1) is 7.11 Å². The molecule has 1 aromatic carbocycles. The minimum absolute atomic E-state index is 0.438. The molecule has 38 heavy (non-hydrogen) atoms. The first-order valence-corrected chi connectivity index (χ1v) is 12.1. The summed E-state index contributed by atoms with van der Waals surface area (Å²) in [7, 11) is 3.84. The molecule has 3 aromatic rings. The summed E-state index contributed by atoms with van der Waals surface area (Å²) in [5, 5.41) is 4.64. The number of nitrogens with one attached hydrogen (secondary N) is 2. The third kappa shape index (κ3) is 5.76. The number of fused-ring (bicyclic) bond motifs is 1. The number of anilines is 1. The van der Waals surface area contributed by atoms with Gasteiger partial charge in [0.1, 0.15) is 11.6 Å². The molecule has 0 radical (unpaired) electrons. The SMILES string of the molecule is CC/C=C1/c2cc(OC)ccc2CN1C.CC1(C#Cc2cncc(-c3ccc(N)nc3)c2)NC(=O)NC1=O. The van der Waals surface area contributed by atoms with E-state index in [-0.39, 0.29) is 0 Å². The van der Waals surface area contributed by atoms with Crippen molar-refractivity contribution in [3.63, 3.8) is 0 Å². The van der Waals surface area contributed by atoms with E-state index in [1.54, 1.807) is 38.7 Å². The number of amides is 3. The second-order valence-corrected chi connectivity index (χ2v) is 9.09. The van der Waals surface area contributed by atoms with Crippen molar-refractivity contribution in [2.24, 2.45) is 0 Å². The molecular formula is C29H30N6O3. The Kier molecular flexibility index (Phi) is 7.63. The van der Waals surface area contributed by atoms with Crippen molar-refractivity contribution in [3.8, 4) is 28.7 Å². The molecule has 1 saturated heterocycles. The molecule has 0 spiro atoms. The van der Waals surface area contributed by atoms with Crippen LogP contribution in [0.15, 0.2) is 61.1 Å². The summed E-state index contributed by atoms with van der Waals surface area (Å²) in [6.07, 6.45) is 8.25. The van der Waals surface area contributed by atoms with Gasteiger partial charge in [-0.15, -0.1) is 0 Å². The molecule has 1 unspecified atom stereocenters. The molecule has 2 aliphatic rings. The molecule has 2 aromatic heterocycles. The molecule has 3 amide bonds. The first kappa shape index (κ1) is 26.2. The molecule has 194 valence electrons. The Labute approximate surface area is 222 Å².